The van der Waals surface area contributed by atoms with Crippen LogP contribution in [0.1, 0.15) is 78.6 Å². The first-order valence-corrected chi connectivity index (χ1v) is 12.3. The topological polar surface area (TPSA) is 117 Å². The molecule has 0 bridgehead atoms. The Morgan fingerprint density at radius 3 is 2.55 bits per heavy atom. The Balaban J connectivity index is 1.76. The van der Waals surface area contributed by atoms with E-state index < -0.39 is 36.0 Å². The van der Waals surface area contributed by atoms with Crippen molar-refractivity contribution in [3.63, 3.8) is 0 Å². The third kappa shape index (κ3) is 6.59. The van der Waals surface area contributed by atoms with Crippen LogP contribution < -0.4 is 10.6 Å². The number of carbonyl (C=O) groups is 3. The summed E-state index contributed by atoms with van der Waals surface area (Å²) in [6.07, 6.45) is 6.27. The monoisotopic (exact) mass is 467 g/mol. The number of esters is 1. The Labute approximate surface area is 196 Å². The lowest BCUT2D eigenvalue weighted by atomic mass is 9.72. The predicted octanol–water partition coefficient (Wildman–Crippen LogP) is 2.31. The zero-order chi connectivity index (χ0) is 24.2. The van der Waals surface area contributed by atoms with Gasteiger partial charge in [0.1, 0.15) is 17.9 Å². The number of piperidine rings is 1. The second-order valence-electron chi connectivity index (χ2n) is 11.0. The van der Waals surface area contributed by atoms with Gasteiger partial charge in [-0.15, -0.1) is 0 Å². The third-order valence-corrected chi connectivity index (χ3v) is 7.23. The third-order valence-electron chi connectivity index (χ3n) is 7.23. The molecular formula is C24H41N3O6. The summed E-state index contributed by atoms with van der Waals surface area (Å²) >= 11 is 0. The van der Waals surface area contributed by atoms with Gasteiger partial charge < -0.3 is 24.8 Å². The molecule has 2 saturated heterocycles. The van der Waals surface area contributed by atoms with Gasteiger partial charge >= 0.3 is 12.1 Å². The molecule has 9 nitrogen and oxygen atoms in total. The molecule has 2 unspecified atom stereocenters. The van der Waals surface area contributed by atoms with E-state index in [1.165, 1.54) is 13.5 Å². The van der Waals surface area contributed by atoms with Gasteiger partial charge in [-0.3, -0.25) is 14.9 Å². The molecule has 1 saturated carbocycles. The second-order valence-corrected chi connectivity index (χ2v) is 11.0. The number of aliphatic hydroxyl groups excluding tert-OH is 1. The molecule has 4 atom stereocenters. The van der Waals surface area contributed by atoms with Crippen LogP contribution in [0.25, 0.3) is 0 Å². The molecule has 188 valence electrons. The Hall–Kier alpha value is -1.87. The summed E-state index contributed by atoms with van der Waals surface area (Å²) in [5.41, 5.74) is -0.683. The van der Waals surface area contributed by atoms with Gasteiger partial charge in [-0.1, -0.05) is 19.3 Å². The number of rotatable bonds is 6. The molecular weight excluding hydrogens is 426 g/mol. The average Bonchev–Trinajstić information content (AvgIpc) is 3.12. The normalized spacial score (nSPS) is 27.1. The number of aliphatic hydroxyl groups is 1. The molecule has 0 aromatic rings. The van der Waals surface area contributed by atoms with Gasteiger partial charge in [0.25, 0.3) is 0 Å². The lowest BCUT2D eigenvalue weighted by Crippen LogP contribution is -2.55. The van der Waals surface area contributed by atoms with E-state index >= 15 is 0 Å². The van der Waals surface area contributed by atoms with Crippen LogP contribution in [0.2, 0.25) is 0 Å². The van der Waals surface area contributed by atoms with Crippen molar-refractivity contribution in [3.05, 3.63) is 0 Å². The van der Waals surface area contributed by atoms with Crippen LogP contribution in [-0.4, -0.2) is 72.1 Å². The van der Waals surface area contributed by atoms with Crippen molar-refractivity contribution in [2.24, 2.45) is 11.3 Å². The standard InChI is InChI=1S/C24H41N3O6/c1-23(2,3)33-22(31)27-15-24(10-6-5-7-11-24)14-18(27)20(29)26-17(21(30)32-4)13-16-9-8-12-25-19(16)28/h16-18,20,26,29H,5-15H2,1-4H3,(H,25,28)/t16-,17-,18?,20?/m0/s1. The fourth-order valence-electron chi connectivity index (χ4n) is 5.60. The first kappa shape index (κ1) is 25.7. The van der Waals surface area contributed by atoms with E-state index in [1.54, 1.807) is 4.90 Å². The van der Waals surface area contributed by atoms with Crippen LogP contribution in [0.4, 0.5) is 4.79 Å². The molecule has 3 fully saturated rings. The van der Waals surface area contributed by atoms with Gasteiger partial charge in [0.2, 0.25) is 5.91 Å². The number of nitrogens with zero attached hydrogens (tertiary/aromatic N) is 1. The minimum Gasteiger partial charge on any atom is -0.468 e. The largest absolute Gasteiger partial charge is 0.468 e. The number of methoxy groups -OCH3 is 1. The van der Waals surface area contributed by atoms with Crippen LogP contribution in [0.5, 0.6) is 0 Å². The van der Waals surface area contributed by atoms with Crippen molar-refractivity contribution < 1.29 is 29.0 Å². The number of nitrogens with one attached hydrogen (secondary N) is 2. The van der Waals surface area contributed by atoms with E-state index in [-0.39, 0.29) is 23.7 Å². The summed E-state index contributed by atoms with van der Waals surface area (Å²) < 4.78 is 10.6. The number of hydrogen-bond donors (Lipinski definition) is 3. The maximum absolute atomic E-state index is 13.1. The maximum atomic E-state index is 13.1. The van der Waals surface area contributed by atoms with E-state index in [2.05, 4.69) is 10.6 Å². The molecule has 3 N–H and O–H groups in total. The summed E-state index contributed by atoms with van der Waals surface area (Å²) in [5.74, 6) is -0.928. The van der Waals surface area contributed by atoms with E-state index in [0.29, 0.717) is 25.9 Å². The van der Waals surface area contributed by atoms with E-state index in [4.69, 9.17) is 9.47 Å². The van der Waals surface area contributed by atoms with Crippen molar-refractivity contribution >= 4 is 18.0 Å². The van der Waals surface area contributed by atoms with E-state index in [1.807, 2.05) is 20.8 Å². The quantitative estimate of drug-likeness (QED) is 0.405. The van der Waals surface area contributed by atoms with Crippen molar-refractivity contribution in [1.29, 1.82) is 0 Å². The zero-order valence-electron chi connectivity index (χ0n) is 20.5. The Morgan fingerprint density at radius 1 is 1.24 bits per heavy atom. The Kier molecular flexibility index (Phi) is 8.26. The molecule has 0 aromatic heterocycles. The predicted molar refractivity (Wildman–Crippen MR) is 122 cm³/mol. The fourth-order valence-corrected chi connectivity index (χ4v) is 5.60. The van der Waals surface area contributed by atoms with Gasteiger partial charge in [0, 0.05) is 19.0 Å². The number of ether oxygens (including phenoxy) is 2. The first-order chi connectivity index (χ1) is 15.5. The SMILES string of the molecule is COC(=O)[C@H](C[C@@H]1CCCNC1=O)NC(O)C1CC2(CCCCC2)CN1C(=O)OC(C)(C)C. The average molecular weight is 468 g/mol. The highest BCUT2D eigenvalue weighted by atomic mass is 16.6. The molecule has 0 aromatic carbocycles. The van der Waals surface area contributed by atoms with Crippen molar-refractivity contribution in [2.45, 2.75) is 102 Å². The summed E-state index contributed by atoms with van der Waals surface area (Å²) in [5, 5.41) is 17.1. The Morgan fingerprint density at radius 2 is 1.94 bits per heavy atom. The first-order valence-electron chi connectivity index (χ1n) is 12.3. The molecule has 1 aliphatic carbocycles. The minimum absolute atomic E-state index is 0.0352. The van der Waals surface area contributed by atoms with Crippen LogP contribution in [0.3, 0.4) is 0 Å². The zero-order valence-corrected chi connectivity index (χ0v) is 20.5. The summed E-state index contributed by atoms with van der Waals surface area (Å²) in [6, 6.07) is -1.37. The molecule has 1 spiro atoms. The minimum atomic E-state index is -1.14. The molecule has 3 rings (SSSR count). The van der Waals surface area contributed by atoms with E-state index in [9.17, 15) is 19.5 Å². The molecule has 2 heterocycles. The van der Waals surface area contributed by atoms with Gasteiger partial charge in [0.15, 0.2) is 0 Å². The highest BCUT2D eigenvalue weighted by molar-refractivity contribution is 5.81. The Bertz CT molecular complexity index is 715. The van der Waals surface area contributed by atoms with Crippen LogP contribution >= 0.6 is 0 Å². The molecule has 3 aliphatic rings. The van der Waals surface area contributed by atoms with Crippen molar-refractivity contribution in [1.82, 2.24) is 15.5 Å². The number of hydrogen-bond acceptors (Lipinski definition) is 7. The van der Waals surface area contributed by atoms with Crippen LogP contribution in [0.15, 0.2) is 0 Å². The molecule has 2 aliphatic heterocycles. The number of carbonyl (C=O) groups excluding carboxylic acids is 3. The molecule has 0 radical (unpaired) electrons. The van der Waals surface area contributed by atoms with Gasteiger partial charge in [-0.05, 0) is 64.7 Å². The summed E-state index contributed by atoms with van der Waals surface area (Å²) in [7, 11) is 1.30. The van der Waals surface area contributed by atoms with Gasteiger partial charge in [-0.25, -0.2) is 4.79 Å². The van der Waals surface area contributed by atoms with Crippen molar-refractivity contribution in [2.75, 3.05) is 20.2 Å². The fraction of sp³-hybridized carbons (Fsp3) is 0.875. The lowest BCUT2D eigenvalue weighted by Gasteiger charge is -2.33. The lowest BCUT2D eigenvalue weighted by molar-refractivity contribution is -0.145. The van der Waals surface area contributed by atoms with Gasteiger partial charge in [0.05, 0.1) is 13.2 Å². The van der Waals surface area contributed by atoms with E-state index in [0.717, 1.165) is 32.1 Å². The van der Waals surface area contributed by atoms with Crippen molar-refractivity contribution in [3.8, 4) is 0 Å². The van der Waals surface area contributed by atoms with Gasteiger partial charge in [-0.2, -0.15) is 0 Å². The summed E-state index contributed by atoms with van der Waals surface area (Å²) in [4.78, 5) is 39.4. The molecule has 33 heavy (non-hydrogen) atoms. The van der Waals surface area contributed by atoms with Crippen LogP contribution in [0, 0.1) is 11.3 Å². The highest BCUT2D eigenvalue weighted by Crippen LogP contribution is 2.47. The summed E-state index contributed by atoms with van der Waals surface area (Å²) in [6.45, 7) is 6.65. The molecule has 2 amide bonds. The second kappa shape index (κ2) is 10.6. The highest BCUT2D eigenvalue weighted by Gasteiger charge is 2.50. The maximum Gasteiger partial charge on any atom is 0.410 e. The number of amides is 2. The molecule has 9 heteroatoms. The smallest absolute Gasteiger partial charge is 0.410 e. The van der Waals surface area contributed by atoms with Crippen LogP contribution in [-0.2, 0) is 19.1 Å². The number of likely N-dealkylation sites (tertiary alicyclic amines) is 1.